The molecule has 4 rings (SSSR count). The highest BCUT2D eigenvalue weighted by Gasteiger charge is 2.39. The summed E-state index contributed by atoms with van der Waals surface area (Å²) < 4.78 is 29.6. The molecule has 10 heteroatoms. The highest BCUT2D eigenvalue weighted by atomic mass is 32.2. The van der Waals surface area contributed by atoms with Crippen LogP contribution in [-0.2, 0) is 16.6 Å². The van der Waals surface area contributed by atoms with Gasteiger partial charge >= 0.3 is 5.97 Å². The average Bonchev–Trinajstić information content (AvgIpc) is 3.24. The highest BCUT2D eigenvalue weighted by Crippen LogP contribution is 2.31. The average molecular weight is 433 g/mol. The molecule has 2 atom stereocenters. The summed E-state index contributed by atoms with van der Waals surface area (Å²) >= 11 is 4.50. The number of rotatable bonds is 5. The molecule has 0 bridgehead atoms. The van der Waals surface area contributed by atoms with Gasteiger partial charge in [0.15, 0.2) is 5.69 Å². The second-order valence-electron chi connectivity index (χ2n) is 7.14. The Hall–Kier alpha value is -2.43. The van der Waals surface area contributed by atoms with Gasteiger partial charge in [-0.2, -0.15) is 16.9 Å². The van der Waals surface area contributed by atoms with E-state index in [1.165, 1.54) is 8.99 Å². The van der Waals surface area contributed by atoms with Crippen molar-refractivity contribution in [3.63, 3.8) is 0 Å². The molecule has 0 amide bonds. The molecule has 2 heterocycles. The molecular weight excluding hydrogens is 412 g/mol. The standard InChI is InChI=1S/C19H20N4O4S2/c1-12-18(19(24)25)20-21-22(12)10-15-9-16(28)11-23(15)29(26,27)17-7-6-13-4-2-3-5-14(13)8-17/h2-8,15-16,28H,9-11H2,1H3,(H,24,25)/t15-,16+/m0/s1. The van der Waals surface area contributed by atoms with Crippen molar-refractivity contribution in [2.45, 2.75) is 36.1 Å². The van der Waals surface area contributed by atoms with Crippen molar-refractivity contribution in [3.8, 4) is 0 Å². The van der Waals surface area contributed by atoms with Gasteiger partial charge in [0.25, 0.3) is 0 Å². The minimum atomic E-state index is -3.75. The molecule has 0 spiro atoms. The van der Waals surface area contributed by atoms with Crippen LogP contribution in [0.4, 0.5) is 0 Å². The van der Waals surface area contributed by atoms with Crippen molar-refractivity contribution >= 4 is 39.4 Å². The Bertz CT molecular complexity index is 1190. The molecule has 0 radical (unpaired) electrons. The summed E-state index contributed by atoms with van der Waals surface area (Å²) in [7, 11) is -3.75. The van der Waals surface area contributed by atoms with Crippen LogP contribution in [-0.4, -0.2) is 56.6 Å². The summed E-state index contributed by atoms with van der Waals surface area (Å²) in [6, 6.07) is 12.3. The van der Waals surface area contributed by atoms with Crippen molar-refractivity contribution in [1.29, 1.82) is 0 Å². The minimum Gasteiger partial charge on any atom is -0.476 e. The second-order valence-corrected chi connectivity index (χ2v) is 9.76. The number of aromatic carboxylic acids is 1. The van der Waals surface area contributed by atoms with Crippen LogP contribution in [0.5, 0.6) is 0 Å². The van der Waals surface area contributed by atoms with Gasteiger partial charge in [-0.05, 0) is 36.2 Å². The third-order valence-corrected chi connectivity index (χ3v) is 7.53. The topological polar surface area (TPSA) is 105 Å². The van der Waals surface area contributed by atoms with E-state index in [2.05, 4.69) is 22.9 Å². The van der Waals surface area contributed by atoms with Crippen LogP contribution < -0.4 is 0 Å². The molecule has 1 saturated heterocycles. The van der Waals surface area contributed by atoms with Crippen LogP contribution in [0.2, 0.25) is 0 Å². The molecule has 1 aromatic heterocycles. The van der Waals surface area contributed by atoms with Crippen molar-refractivity contribution in [3.05, 3.63) is 53.9 Å². The number of thiol groups is 1. The Balaban J connectivity index is 1.66. The van der Waals surface area contributed by atoms with Gasteiger partial charge in [0.05, 0.1) is 17.1 Å². The predicted molar refractivity (Wildman–Crippen MR) is 111 cm³/mol. The number of carboxylic acids is 1. The fourth-order valence-electron chi connectivity index (χ4n) is 3.72. The maximum Gasteiger partial charge on any atom is 0.358 e. The summed E-state index contributed by atoms with van der Waals surface area (Å²) in [5.74, 6) is -1.16. The van der Waals surface area contributed by atoms with Crippen LogP contribution in [0.15, 0.2) is 47.4 Å². The number of hydrogen-bond acceptors (Lipinski definition) is 6. The van der Waals surface area contributed by atoms with Crippen LogP contribution >= 0.6 is 12.6 Å². The molecular formula is C19H20N4O4S2. The summed E-state index contributed by atoms with van der Waals surface area (Å²) in [5.41, 5.74) is 0.262. The van der Waals surface area contributed by atoms with Gasteiger partial charge < -0.3 is 5.11 Å². The fourth-order valence-corrected chi connectivity index (χ4v) is 5.96. The zero-order chi connectivity index (χ0) is 20.8. The number of carboxylic acid groups (broad SMARTS) is 1. The molecule has 1 aliphatic rings. The molecule has 2 aromatic carbocycles. The van der Waals surface area contributed by atoms with Crippen molar-refractivity contribution in [2.75, 3.05) is 6.54 Å². The lowest BCUT2D eigenvalue weighted by Crippen LogP contribution is -2.38. The Kier molecular flexibility index (Phi) is 5.09. The molecule has 1 N–H and O–H groups in total. The number of nitrogens with zero attached hydrogens (tertiary/aromatic N) is 4. The third kappa shape index (κ3) is 3.63. The molecule has 152 valence electrons. The van der Waals surface area contributed by atoms with E-state index in [0.29, 0.717) is 12.1 Å². The van der Waals surface area contributed by atoms with Gasteiger partial charge in [-0.1, -0.05) is 35.5 Å². The lowest BCUT2D eigenvalue weighted by molar-refractivity contribution is 0.0689. The van der Waals surface area contributed by atoms with Gasteiger partial charge in [0.1, 0.15) is 0 Å². The zero-order valence-corrected chi connectivity index (χ0v) is 17.3. The van der Waals surface area contributed by atoms with E-state index in [4.69, 9.17) is 5.11 Å². The van der Waals surface area contributed by atoms with Crippen molar-refractivity contribution in [2.24, 2.45) is 0 Å². The summed E-state index contributed by atoms with van der Waals surface area (Å²) in [6.07, 6.45) is 0.539. The maximum absolute atomic E-state index is 13.4. The number of aromatic nitrogens is 3. The van der Waals surface area contributed by atoms with Gasteiger partial charge in [0, 0.05) is 17.8 Å². The number of hydrogen-bond donors (Lipinski definition) is 2. The molecule has 3 aromatic rings. The maximum atomic E-state index is 13.4. The fraction of sp³-hybridized carbons (Fsp3) is 0.316. The van der Waals surface area contributed by atoms with E-state index >= 15 is 0 Å². The molecule has 8 nitrogen and oxygen atoms in total. The predicted octanol–water partition coefficient (Wildman–Crippen LogP) is 2.20. The Morgan fingerprint density at radius 3 is 2.66 bits per heavy atom. The van der Waals surface area contributed by atoms with E-state index in [9.17, 15) is 13.2 Å². The highest BCUT2D eigenvalue weighted by molar-refractivity contribution is 7.89. The first-order chi connectivity index (χ1) is 13.8. The van der Waals surface area contributed by atoms with Crippen molar-refractivity contribution in [1.82, 2.24) is 19.3 Å². The van der Waals surface area contributed by atoms with E-state index in [0.717, 1.165) is 10.8 Å². The van der Waals surface area contributed by atoms with E-state index < -0.39 is 22.0 Å². The number of sulfonamides is 1. The first kappa shape index (κ1) is 19.9. The summed E-state index contributed by atoms with van der Waals surface area (Å²) in [6.45, 7) is 2.11. The zero-order valence-electron chi connectivity index (χ0n) is 15.6. The summed E-state index contributed by atoms with van der Waals surface area (Å²) in [4.78, 5) is 11.4. The van der Waals surface area contributed by atoms with E-state index in [1.54, 1.807) is 25.1 Å². The lowest BCUT2D eigenvalue weighted by Gasteiger charge is -2.24. The summed E-state index contributed by atoms with van der Waals surface area (Å²) in [5, 5.41) is 18.4. The monoisotopic (exact) mass is 432 g/mol. The molecule has 1 fully saturated rings. The Morgan fingerprint density at radius 1 is 1.24 bits per heavy atom. The molecule has 0 saturated carbocycles. The Morgan fingerprint density at radius 2 is 1.97 bits per heavy atom. The van der Waals surface area contributed by atoms with Gasteiger partial charge in [-0.25, -0.2) is 17.9 Å². The lowest BCUT2D eigenvalue weighted by atomic mass is 10.1. The first-order valence-corrected chi connectivity index (χ1v) is 11.0. The van der Waals surface area contributed by atoms with Crippen LogP contribution in [0.1, 0.15) is 22.6 Å². The number of benzene rings is 2. The molecule has 29 heavy (non-hydrogen) atoms. The number of carbonyl (C=O) groups is 1. The molecule has 0 aliphatic carbocycles. The number of fused-ring (bicyclic) bond motifs is 1. The van der Waals surface area contributed by atoms with E-state index in [1.807, 2.05) is 24.3 Å². The van der Waals surface area contributed by atoms with Crippen LogP contribution in [0, 0.1) is 6.92 Å². The van der Waals surface area contributed by atoms with Crippen molar-refractivity contribution < 1.29 is 18.3 Å². The second kappa shape index (κ2) is 7.43. The smallest absolute Gasteiger partial charge is 0.358 e. The van der Waals surface area contributed by atoms with Crippen LogP contribution in [0.3, 0.4) is 0 Å². The normalized spacial score (nSPS) is 20.3. The minimum absolute atomic E-state index is 0.113. The molecule has 1 aliphatic heterocycles. The SMILES string of the molecule is Cc1c(C(=O)O)nnn1C[C@@H]1C[C@@H](S)CN1S(=O)(=O)c1ccc2ccccc2c1. The van der Waals surface area contributed by atoms with Crippen LogP contribution in [0.25, 0.3) is 10.8 Å². The first-order valence-electron chi connectivity index (χ1n) is 9.09. The quantitative estimate of drug-likeness (QED) is 0.599. The van der Waals surface area contributed by atoms with Gasteiger partial charge in [0.2, 0.25) is 10.0 Å². The van der Waals surface area contributed by atoms with E-state index in [-0.39, 0.29) is 28.9 Å². The third-order valence-electron chi connectivity index (χ3n) is 5.24. The van der Waals surface area contributed by atoms with Gasteiger partial charge in [-0.3, -0.25) is 0 Å². The van der Waals surface area contributed by atoms with Gasteiger partial charge in [-0.15, -0.1) is 5.10 Å². The largest absolute Gasteiger partial charge is 0.476 e. The Labute approximate surface area is 173 Å². The molecule has 0 unspecified atom stereocenters.